The standard InChI is InChI=1S/C16H13BrFNO/c1-16(20,13-4-2-3-12(7-13)10-19)9-11-5-6-15(18)14(17)8-11/h2-8,20H,9H2,1H3. The molecule has 0 saturated carbocycles. The Hall–Kier alpha value is -1.70. The molecule has 0 amide bonds. The average molecular weight is 334 g/mol. The van der Waals surface area contributed by atoms with Crippen LogP contribution in [0.1, 0.15) is 23.6 Å². The Bertz CT molecular complexity index is 676. The Morgan fingerprint density at radius 3 is 2.70 bits per heavy atom. The second-order valence-electron chi connectivity index (χ2n) is 4.89. The fourth-order valence-electron chi connectivity index (χ4n) is 2.07. The third-order valence-electron chi connectivity index (χ3n) is 3.15. The van der Waals surface area contributed by atoms with Gasteiger partial charge in [-0.05, 0) is 58.2 Å². The quantitative estimate of drug-likeness (QED) is 0.925. The Morgan fingerprint density at radius 2 is 2.05 bits per heavy atom. The smallest absolute Gasteiger partial charge is 0.137 e. The van der Waals surface area contributed by atoms with Gasteiger partial charge in [-0.25, -0.2) is 4.39 Å². The molecule has 0 saturated heterocycles. The molecule has 2 aromatic rings. The van der Waals surface area contributed by atoms with Crippen molar-refractivity contribution in [1.29, 1.82) is 5.26 Å². The van der Waals surface area contributed by atoms with Crippen LogP contribution in [-0.4, -0.2) is 5.11 Å². The molecule has 0 fully saturated rings. The normalized spacial score (nSPS) is 13.6. The van der Waals surface area contributed by atoms with Crippen molar-refractivity contribution in [3.63, 3.8) is 0 Å². The van der Waals surface area contributed by atoms with E-state index in [9.17, 15) is 9.50 Å². The molecule has 4 heteroatoms. The third-order valence-corrected chi connectivity index (χ3v) is 3.75. The molecule has 0 spiro atoms. The lowest BCUT2D eigenvalue weighted by atomic mass is 9.88. The first-order valence-corrected chi connectivity index (χ1v) is 6.88. The van der Waals surface area contributed by atoms with Crippen LogP contribution in [0.5, 0.6) is 0 Å². The molecule has 1 N–H and O–H groups in total. The zero-order valence-corrected chi connectivity index (χ0v) is 12.5. The van der Waals surface area contributed by atoms with Gasteiger partial charge in [-0.1, -0.05) is 18.2 Å². The summed E-state index contributed by atoms with van der Waals surface area (Å²) in [4.78, 5) is 0. The van der Waals surface area contributed by atoms with Crippen LogP contribution in [0.4, 0.5) is 4.39 Å². The Morgan fingerprint density at radius 1 is 1.30 bits per heavy atom. The molecule has 102 valence electrons. The number of benzene rings is 2. The van der Waals surface area contributed by atoms with Crippen molar-refractivity contribution in [1.82, 2.24) is 0 Å². The summed E-state index contributed by atoms with van der Waals surface area (Å²) in [6, 6.07) is 13.6. The molecule has 2 rings (SSSR count). The fourth-order valence-corrected chi connectivity index (χ4v) is 2.50. The van der Waals surface area contributed by atoms with E-state index in [1.54, 1.807) is 43.3 Å². The van der Waals surface area contributed by atoms with Crippen molar-refractivity contribution in [3.8, 4) is 6.07 Å². The summed E-state index contributed by atoms with van der Waals surface area (Å²) in [6.07, 6.45) is 0.334. The first-order valence-electron chi connectivity index (χ1n) is 6.09. The Balaban J connectivity index is 2.30. The lowest BCUT2D eigenvalue weighted by Crippen LogP contribution is -2.24. The molecular weight excluding hydrogens is 321 g/mol. The van der Waals surface area contributed by atoms with Crippen LogP contribution in [0.2, 0.25) is 0 Å². The summed E-state index contributed by atoms with van der Waals surface area (Å²) in [5.74, 6) is -0.333. The zero-order chi connectivity index (χ0) is 14.8. The van der Waals surface area contributed by atoms with Crippen LogP contribution in [0.3, 0.4) is 0 Å². The lowest BCUT2D eigenvalue weighted by molar-refractivity contribution is 0.0575. The fraction of sp³-hybridized carbons (Fsp3) is 0.188. The maximum Gasteiger partial charge on any atom is 0.137 e. The molecule has 0 radical (unpaired) electrons. The summed E-state index contributed by atoms with van der Waals surface area (Å²) in [5, 5.41) is 19.5. The monoisotopic (exact) mass is 333 g/mol. The number of aliphatic hydroxyl groups is 1. The highest BCUT2D eigenvalue weighted by molar-refractivity contribution is 9.10. The van der Waals surface area contributed by atoms with Gasteiger partial charge in [-0.15, -0.1) is 0 Å². The van der Waals surface area contributed by atoms with Gasteiger partial charge >= 0.3 is 0 Å². The van der Waals surface area contributed by atoms with Crippen molar-refractivity contribution >= 4 is 15.9 Å². The van der Waals surface area contributed by atoms with Crippen molar-refractivity contribution in [2.75, 3.05) is 0 Å². The van der Waals surface area contributed by atoms with E-state index < -0.39 is 5.60 Å². The SMILES string of the molecule is CC(O)(Cc1ccc(F)c(Br)c1)c1cccc(C#N)c1. The van der Waals surface area contributed by atoms with Gasteiger partial charge in [0.2, 0.25) is 0 Å². The van der Waals surface area contributed by atoms with Gasteiger partial charge in [0.25, 0.3) is 0 Å². The summed E-state index contributed by atoms with van der Waals surface area (Å²) in [5.41, 5.74) is 0.857. The van der Waals surface area contributed by atoms with E-state index in [-0.39, 0.29) is 5.82 Å². The van der Waals surface area contributed by atoms with E-state index in [1.165, 1.54) is 6.07 Å². The summed E-state index contributed by atoms with van der Waals surface area (Å²) < 4.78 is 13.6. The molecule has 0 aliphatic rings. The lowest BCUT2D eigenvalue weighted by Gasteiger charge is -2.24. The molecule has 2 nitrogen and oxygen atoms in total. The highest BCUT2D eigenvalue weighted by atomic mass is 79.9. The predicted octanol–water partition coefficient (Wildman–Crippen LogP) is 3.91. The summed E-state index contributed by atoms with van der Waals surface area (Å²) in [7, 11) is 0. The summed E-state index contributed by atoms with van der Waals surface area (Å²) in [6.45, 7) is 1.68. The van der Waals surface area contributed by atoms with Crippen LogP contribution in [0, 0.1) is 17.1 Å². The second kappa shape index (κ2) is 5.74. The second-order valence-corrected chi connectivity index (χ2v) is 5.75. The maximum atomic E-state index is 13.2. The minimum absolute atomic E-state index is 0.333. The maximum absolute atomic E-state index is 13.2. The first-order chi connectivity index (χ1) is 9.42. The van der Waals surface area contributed by atoms with Gasteiger partial charge in [0.05, 0.1) is 21.7 Å². The van der Waals surface area contributed by atoms with E-state index in [4.69, 9.17) is 5.26 Å². The number of halogens is 2. The minimum atomic E-state index is -1.12. The van der Waals surface area contributed by atoms with Gasteiger partial charge in [0.15, 0.2) is 0 Å². The average Bonchev–Trinajstić information content (AvgIpc) is 2.43. The van der Waals surface area contributed by atoms with Crippen molar-refractivity contribution in [2.24, 2.45) is 0 Å². The molecule has 1 unspecified atom stereocenters. The zero-order valence-electron chi connectivity index (χ0n) is 10.9. The predicted molar refractivity (Wildman–Crippen MR) is 78.5 cm³/mol. The molecule has 0 aromatic heterocycles. The molecule has 0 heterocycles. The molecule has 0 bridgehead atoms. The largest absolute Gasteiger partial charge is 0.385 e. The van der Waals surface area contributed by atoms with Gasteiger partial charge in [0.1, 0.15) is 5.82 Å². The van der Waals surface area contributed by atoms with Crippen LogP contribution in [0.25, 0.3) is 0 Å². The van der Waals surface area contributed by atoms with Crippen LogP contribution < -0.4 is 0 Å². The van der Waals surface area contributed by atoms with Crippen molar-refractivity contribution in [2.45, 2.75) is 18.9 Å². The molecule has 1 atom stereocenters. The third kappa shape index (κ3) is 3.24. The van der Waals surface area contributed by atoms with Gasteiger partial charge in [-0.3, -0.25) is 0 Å². The van der Waals surface area contributed by atoms with E-state index in [1.807, 2.05) is 0 Å². The van der Waals surface area contributed by atoms with Gasteiger partial charge < -0.3 is 5.11 Å². The number of nitriles is 1. The number of hydrogen-bond donors (Lipinski definition) is 1. The number of rotatable bonds is 3. The highest BCUT2D eigenvalue weighted by Crippen LogP contribution is 2.27. The van der Waals surface area contributed by atoms with E-state index in [0.717, 1.165) is 5.56 Å². The Labute approximate surface area is 125 Å². The molecule has 0 aliphatic heterocycles. The van der Waals surface area contributed by atoms with Crippen LogP contribution in [0.15, 0.2) is 46.9 Å². The van der Waals surface area contributed by atoms with E-state index in [2.05, 4.69) is 22.0 Å². The Kier molecular flexibility index (Phi) is 4.22. The van der Waals surface area contributed by atoms with Crippen LogP contribution in [-0.2, 0) is 12.0 Å². The molecule has 20 heavy (non-hydrogen) atoms. The highest BCUT2D eigenvalue weighted by Gasteiger charge is 2.24. The topological polar surface area (TPSA) is 44.0 Å². The molecule has 0 aliphatic carbocycles. The molecule has 2 aromatic carbocycles. The van der Waals surface area contributed by atoms with Gasteiger partial charge in [-0.2, -0.15) is 5.26 Å². The molecular formula is C16H13BrFNO. The number of nitrogens with zero attached hydrogens (tertiary/aromatic N) is 1. The van der Waals surface area contributed by atoms with E-state index in [0.29, 0.717) is 22.0 Å². The minimum Gasteiger partial charge on any atom is -0.385 e. The first kappa shape index (κ1) is 14.7. The van der Waals surface area contributed by atoms with Crippen molar-refractivity contribution in [3.05, 3.63) is 69.4 Å². The van der Waals surface area contributed by atoms with Gasteiger partial charge in [0, 0.05) is 6.42 Å². The number of hydrogen-bond acceptors (Lipinski definition) is 2. The van der Waals surface area contributed by atoms with E-state index >= 15 is 0 Å². The summed E-state index contributed by atoms with van der Waals surface area (Å²) >= 11 is 3.13. The van der Waals surface area contributed by atoms with Crippen LogP contribution >= 0.6 is 15.9 Å². The van der Waals surface area contributed by atoms with Crippen molar-refractivity contribution < 1.29 is 9.50 Å².